The third kappa shape index (κ3) is 3.36. The van der Waals surface area contributed by atoms with Gasteiger partial charge in [-0.1, -0.05) is 35.8 Å². The molecule has 0 radical (unpaired) electrons. The molecule has 1 aromatic heterocycles. The topological polar surface area (TPSA) is 59.6 Å². The summed E-state index contributed by atoms with van der Waals surface area (Å²) in [7, 11) is 1.85. The number of aryl methyl sites for hydroxylation is 2. The Morgan fingerprint density at radius 1 is 1.48 bits per heavy atom. The molecule has 21 heavy (non-hydrogen) atoms. The van der Waals surface area contributed by atoms with Gasteiger partial charge in [0.05, 0.1) is 22.1 Å². The minimum absolute atomic E-state index is 0.334. The van der Waals surface area contributed by atoms with Crippen LogP contribution >= 0.6 is 11.6 Å². The van der Waals surface area contributed by atoms with Crippen LogP contribution in [0.25, 0.3) is 0 Å². The number of aromatic nitrogens is 2. The first kappa shape index (κ1) is 15.4. The molecule has 0 fully saturated rings. The highest BCUT2D eigenvalue weighted by Gasteiger charge is 2.13. The predicted octanol–water partition coefficient (Wildman–Crippen LogP) is 3.41. The van der Waals surface area contributed by atoms with E-state index in [0.29, 0.717) is 23.1 Å². The monoisotopic (exact) mass is 307 g/mol. The number of hydrogen-bond donors (Lipinski definition) is 1. The van der Waals surface area contributed by atoms with Crippen LogP contribution in [0.2, 0.25) is 5.02 Å². The summed E-state index contributed by atoms with van der Waals surface area (Å²) >= 11 is 6.28. The van der Waals surface area contributed by atoms with Gasteiger partial charge in [0.1, 0.15) is 12.4 Å². The molecule has 6 heteroatoms. The van der Waals surface area contributed by atoms with E-state index in [1.165, 1.54) is 0 Å². The van der Waals surface area contributed by atoms with Gasteiger partial charge in [-0.25, -0.2) is 0 Å². The molecule has 0 spiro atoms. The van der Waals surface area contributed by atoms with Gasteiger partial charge in [-0.05, 0) is 25.5 Å². The Balaban J connectivity index is 2.15. The number of rotatable bonds is 5. The van der Waals surface area contributed by atoms with Gasteiger partial charge in [-0.3, -0.25) is 4.68 Å². The standard InChI is InChI=1S/C15H18ClN3O2/c1-4-13-15(16)14(19(3)17-13)9-21-12-7-5-6-11(8-12)10(2)18-20/h5-8,20H,4,9H2,1-3H3. The first-order valence-corrected chi connectivity index (χ1v) is 7.06. The van der Waals surface area contributed by atoms with Crippen molar-refractivity contribution in [2.24, 2.45) is 12.2 Å². The minimum Gasteiger partial charge on any atom is -0.487 e. The fourth-order valence-electron chi connectivity index (χ4n) is 2.00. The van der Waals surface area contributed by atoms with Crippen molar-refractivity contribution in [2.75, 3.05) is 0 Å². The van der Waals surface area contributed by atoms with E-state index in [9.17, 15) is 0 Å². The summed E-state index contributed by atoms with van der Waals surface area (Å²) in [5, 5.41) is 17.0. The van der Waals surface area contributed by atoms with E-state index in [2.05, 4.69) is 10.3 Å². The average Bonchev–Trinajstić information content (AvgIpc) is 2.78. The van der Waals surface area contributed by atoms with Crippen LogP contribution < -0.4 is 4.74 Å². The molecule has 0 atom stereocenters. The van der Waals surface area contributed by atoms with Gasteiger partial charge in [0, 0.05) is 12.6 Å². The van der Waals surface area contributed by atoms with Crippen LogP contribution in [-0.4, -0.2) is 20.7 Å². The van der Waals surface area contributed by atoms with Crippen LogP contribution in [0.3, 0.4) is 0 Å². The fraction of sp³-hybridized carbons (Fsp3) is 0.333. The lowest BCUT2D eigenvalue weighted by atomic mass is 10.1. The Hall–Kier alpha value is -2.01. The van der Waals surface area contributed by atoms with Gasteiger partial charge in [0.2, 0.25) is 0 Å². The van der Waals surface area contributed by atoms with Crippen LogP contribution in [0.4, 0.5) is 0 Å². The number of hydrogen-bond acceptors (Lipinski definition) is 4. The van der Waals surface area contributed by atoms with Crippen molar-refractivity contribution in [3.8, 4) is 5.75 Å². The fourth-order valence-corrected chi connectivity index (χ4v) is 2.35. The van der Waals surface area contributed by atoms with Crippen molar-refractivity contribution in [3.63, 3.8) is 0 Å². The van der Waals surface area contributed by atoms with E-state index in [1.807, 2.05) is 38.2 Å². The lowest BCUT2D eigenvalue weighted by molar-refractivity contribution is 0.295. The highest BCUT2D eigenvalue weighted by Crippen LogP contribution is 2.23. The Kier molecular flexibility index (Phi) is 4.85. The SMILES string of the molecule is CCc1nn(C)c(COc2cccc(C(C)=NO)c2)c1Cl. The molecular weight excluding hydrogens is 290 g/mol. The summed E-state index contributed by atoms with van der Waals surface area (Å²) in [6.07, 6.45) is 0.786. The van der Waals surface area contributed by atoms with E-state index in [-0.39, 0.29) is 0 Å². The van der Waals surface area contributed by atoms with Crippen molar-refractivity contribution in [1.82, 2.24) is 9.78 Å². The normalized spacial score (nSPS) is 11.7. The molecule has 0 unspecified atom stereocenters. The van der Waals surface area contributed by atoms with Crippen molar-refractivity contribution >= 4 is 17.3 Å². The van der Waals surface area contributed by atoms with Gasteiger partial charge in [-0.15, -0.1) is 0 Å². The second kappa shape index (κ2) is 6.63. The number of ether oxygens (including phenoxy) is 1. The second-order valence-corrected chi connectivity index (χ2v) is 5.06. The molecule has 0 bridgehead atoms. The Bertz CT molecular complexity index is 665. The van der Waals surface area contributed by atoms with Crippen LogP contribution in [0, 0.1) is 0 Å². The molecular formula is C15H18ClN3O2. The van der Waals surface area contributed by atoms with Gasteiger partial charge in [0.15, 0.2) is 0 Å². The predicted molar refractivity (Wildman–Crippen MR) is 82.4 cm³/mol. The zero-order chi connectivity index (χ0) is 15.4. The van der Waals surface area contributed by atoms with E-state index < -0.39 is 0 Å². The second-order valence-electron chi connectivity index (χ2n) is 4.69. The molecule has 1 N–H and O–H groups in total. The Labute approximate surface area is 128 Å². The first-order chi connectivity index (χ1) is 10.1. The molecule has 1 heterocycles. The molecule has 0 aliphatic heterocycles. The van der Waals surface area contributed by atoms with E-state index in [4.69, 9.17) is 21.5 Å². The highest BCUT2D eigenvalue weighted by atomic mass is 35.5. The van der Waals surface area contributed by atoms with E-state index in [1.54, 1.807) is 11.6 Å². The maximum Gasteiger partial charge on any atom is 0.131 e. The lowest BCUT2D eigenvalue weighted by Crippen LogP contribution is -2.04. The summed E-state index contributed by atoms with van der Waals surface area (Å²) < 4.78 is 7.51. The smallest absolute Gasteiger partial charge is 0.131 e. The molecule has 0 saturated carbocycles. The third-order valence-electron chi connectivity index (χ3n) is 3.28. The molecule has 0 aliphatic rings. The molecule has 0 aliphatic carbocycles. The lowest BCUT2D eigenvalue weighted by Gasteiger charge is -2.08. The number of oxime groups is 1. The molecule has 2 rings (SSSR count). The maximum atomic E-state index is 8.81. The molecule has 1 aromatic carbocycles. The van der Waals surface area contributed by atoms with Crippen molar-refractivity contribution < 1.29 is 9.94 Å². The largest absolute Gasteiger partial charge is 0.487 e. The third-order valence-corrected chi connectivity index (χ3v) is 3.72. The van der Waals surface area contributed by atoms with E-state index in [0.717, 1.165) is 23.4 Å². The van der Waals surface area contributed by atoms with Crippen LogP contribution in [0.5, 0.6) is 5.75 Å². The number of benzene rings is 1. The van der Waals surface area contributed by atoms with Gasteiger partial charge < -0.3 is 9.94 Å². The molecule has 5 nitrogen and oxygen atoms in total. The van der Waals surface area contributed by atoms with Crippen LogP contribution in [-0.2, 0) is 20.1 Å². The summed E-state index contributed by atoms with van der Waals surface area (Å²) in [5.74, 6) is 0.686. The van der Waals surface area contributed by atoms with Crippen molar-refractivity contribution in [3.05, 3.63) is 46.2 Å². The first-order valence-electron chi connectivity index (χ1n) is 6.69. The van der Waals surface area contributed by atoms with Gasteiger partial charge in [0.25, 0.3) is 0 Å². The Morgan fingerprint density at radius 3 is 2.86 bits per heavy atom. The number of nitrogens with zero attached hydrogens (tertiary/aromatic N) is 3. The van der Waals surface area contributed by atoms with Gasteiger partial charge in [-0.2, -0.15) is 5.10 Å². The van der Waals surface area contributed by atoms with Crippen LogP contribution in [0.15, 0.2) is 29.4 Å². The van der Waals surface area contributed by atoms with Gasteiger partial charge >= 0.3 is 0 Å². The zero-order valence-corrected chi connectivity index (χ0v) is 13.1. The zero-order valence-electron chi connectivity index (χ0n) is 12.3. The average molecular weight is 308 g/mol. The summed E-state index contributed by atoms with van der Waals surface area (Å²) in [5.41, 5.74) is 3.05. The minimum atomic E-state index is 0.334. The maximum absolute atomic E-state index is 8.81. The van der Waals surface area contributed by atoms with E-state index >= 15 is 0 Å². The highest BCUT2D eigenvalue weighted by molar-refractivity contribution is 6.31. The molecule has 0 amide bonds. The molecule has 0 saturated heterocycles. The molecule has 2 aromatic rings. The number of halogens is 1. The summed E-state index contributed by atoms with van der Waals surface area (Å²) in [6.45, 7) is 4.07. The Morgan fingerprint density at radius 2 is 2.24 bits per heavy atom. The van der Waals surface area contributed by atoms with Crippen LogP contribution in [0.1, 0.15) is 30.8 Å². The van der Waals surface area contributed by atoms with Crippen molar-refractivity contribution in [1.29, 1.82) is 0 Å². The molecule has 112 valence electrons. The van der Waals surface area contributed by atoms with Crippen molar-refractivity contribution in [2.45, 2.75) is 26.9 Å². The summed E-state index contributed by atoms with van der Waals surface area (Å²) in [4.78, 5) is 0. The quantitative estimate of drug-likeness (QED) is 0.523. The summed E-state index contributed by atoms with van der Waals surface area (Å²) in [6, 6.07) is 7.37.